The second kappa shape index (κ2) is 4.32. The van der Waals surface area contributed by atoms with Crippen LogP contribution in [-0.2, 0) is 12.8 Å². The van der Waals surface area contributed by atoms with Gasteiger partial charge in [0.2, 0.25) is 0 Å². The first-order chi connectivity index (χ1) is 8.70. The molecular weight excluding hydrogens is 224 g/mol. The monoisotopic (exact) mass is 244 g/mol. The Bertz CT molecular complexity index is 586. The number of ether oxygens (including phenoxy) is 1. The zero-order valence-electron chi connectivity index (χ0n) is 11.3. The normalized spacial score (nSPS) is 19.6. The van der Waals surface area contributed by atoms with Crippen LogP contribution in [0.25, 0.3) is 10.9 Å². The standard InChI is InChI=1S/C15H20N2O/c1-9-6-13(18-3)12-7-10(2)16-5-4-11-8-17-15(9)14(11)12/h6,8,10,16-17H,4-5,7H2,1-3H3. The van der Waals surface area contributed by atoms with Gasteiger partial charge in [0.15, 0.2) is 0 Å². The average molecular weight is 244 g/mol. The maximum Gasteiger partial charge on any atom is 0.123 e. The van der Waals surface area contributed by atoms with Crippen molar-refractivity contribution in [3.63, 3.8) is 0 Å². The van der Waals surface area contributed by atoms with Gasteiger partial charge < -0.3 is 15.0 Å². The minimum Gasteiger partial charge on any atom is -0.496 e. The highest BCUT2D eigenvalue weighted by Crippen LogP contribution is 2.34. The molecule has 0 spiro atoms. The smallest absolute Gasteiger partial charge is 0.123 e. The van der Waals surface area contributed by atoms with Crippen LogP contribution in [0.15, 0.2) is 12.3 Å². The van der Waals surface area contributed by atoms with Crippen molar-refractivity contribution in [1.82, 2.24) is 10.3 Å². The molecule has 2 aromatic rings. The fraction of sp³-hybridized carbons (Fsp3) is 0.467. The molecule has 0 radical (unpaired) electrons. The Morgan fingerprint density at radius 1 is 1.39 bits per heavy atom. The molecule has 0 saturated carbocycles. The number of aromatic amines is 1. The van der Waals surface area contributed by atoms with Gasteiger partial charge in [-0.05, 0) is 50.4 Å². The molecule has 3 heteroatoms. The number of methoxy groups -OCH3 is 1. The van der Waals surface area contributed by atoms with Crippen molar-refractivity contribution in [2.75, 3.05) is 13.7 Å². The van der Waals surface area contributed by atoms with Crippen LogP contribution in [0.4, 0.5) is 0 Å². The maximum atomic E-state index is 5.59. The van der Waals surface area contributed by atoms with E-state index < -0.39 is 0 Å². The van der Waals surface area contributed by atoms with Crippen LogP contribution in [0.1, 0.15) is 23.6 Å². The highest BCUT2D eigenvalue weighted by molar-refractivity contribution is 5.91. The van der Waals surface area contributed by atoms with Gasteiger partial charge in [-0.15, -0.1) is 0 Å². The van der Waals surface area contributed by atoms with Crippen molar-refractivity contribution >= 4 is 10.9 Å². The third kappa shape index (κ3) is 1.70. The van der Waals surface area contributed by atoms with E-state index in [2.05, 4.69) is 36.4 Å². The van der Waals surface area contributed by atoms with Crippen LogP contribution < -0.4 is 10.1 Å². The van der Waals surface area contributed by atoms with Gasteiger partial charge in [-0.3, -0.25) is 0 Å². The molecule has 0 fully saturated rings. The first kappa shape index (κ1) is 11.6. The lowest BCUT2D eigenvalue weighted by Crippen LogP contribution is -2.31. The van der Waals surface area contributed by atoms with Crippen LogP contribution in [0.3, 0.4) is 0 Å². The summed E-state index contributed by atoms with van der Waals surface area (Å²) < 4.78 is 5.59. The van der Waals surface area contributed by atoms with E-state index in [0.29, 0.717) is 6.04 Å². The number of benzene rings is 1. The summed E-state index contributed by atoms with van der Waals surface area (Å²) in [7, 11) is 1.76. The number of aromatic nitrogens is 1. The third-order valence-electron chi connectivity index (χ3n) is 3.92. The van der Waals surface area contributed by atoms with Crippen LogP contribution >= 0.6 is 0 Å². The third-order valence-corrected chi connectivity index (χ3v) is 3.92. The Morgan fingerprint density at radius 2 is 2.22 bits per heavy atom. The van der Waals surface area contributed by atoms with E-state index in [1.165, 1.54) is 27.6 Å². The van der Waals surface area contributed by atoms with Crippen molar-refractivity contribution < 1.29 is 4.74 Å². The molecule has 18 heavy (non-hydrogen) atoms. The molecule has 96 valence electrons. The zero-order chi connectivity index (χ0) is 12.7. The quantitative estimate of drug-likeness (QED) is 0.809. The molecule has 0 amide bonds. The lowest BCUT2D eigenvalue weighted by Gasteiger charge is -2.21. The Morgan fingerprint density at radius 3 is 3.00 bits per heavy atom. The summed E-state index contributed by atoms with van der Waals surface area (Å²) in [5.41, 5.74) is 5.28. The van der Waals surface area contributed by atoms with Crippen molar-refractivity contribution in [3.05, 3.63) is 29.0 Å². The van der Waals surface area contributed by atoms with E-state index in [0.717, 1.165) is 25.1 Å². The fourth-order valence-electron chi connectivity index (χ4n) is 3.01. The second-order valence-corrected chi connectivity index (χ2v) is 5.25. The average Bonchev–Trinajstić information content (AvgIpc) is 2.74. The molecule has 2 heterocycles. The van der Waals surface area contributed by atoms with E-state index in [9.17, 15) is 0 Å². The van der Waals surface area contributed by atoms with E-state index in [1.807, 2.05) is 0 Å². The van der Waals surface area contributed by atoms with Crippen LogP contribution in [0.5, 0.6) is 5.75 Å². The van der Waals surface area contributed by atoms with Gasteiger partial charge in [-0.2, -0.15) is 0 Å². The number of hydrogen-bond acceptors (Lipinski definition) is 2. The maximum absolute atomic E-state index is 5.59. The highest BCUT2D eigenvalue weighted by Gasteiger charge is 2.19. The van der Waals surface area contributed by atoms with E-state index >= 15 is 0 Å². The van der Waals surface area contributed by atoms with Gasteiger partial charge in [0, 0.05) is 28.7 Å². The second-order valence-electron chi connectivity index (χ2n) is 5.25. The molecule has 1 aromatic heterocycles. The fourth-order valence-corrected chi connectivity index (χ4v) is 3.01. The summed E-state index contributed by atoms with van der Waals surface area (Å²) in [6, 6.07) is 2.64. The molecule has 1 unspecified atom stereocenters. The highest BCUT2D eigenvalue weighted by atomic mass is 16.5. The number of rotatable bonds is 1. The Hall–Kier alpha value is -1.48. The van der Waals surface area contributed by atoms with E-state index in [-0.39, 0.29) is 0 Å². The number of H-pyrrole nitrogens is 1. The molecule has 1 aliphatic rings. The molecule has 0 aliphatic carbocycles. The minimum absolute atomic E-state index is 0.493. The Kier molecular flexibility index (Phi) is 2.78. The number of aryl methyl sites for hydroxylation is 1. The zero-order valence-corrected chi connectivity index (χ0v) is 11.3. The van der Waals surface area contributed by atoms with Crippen LogP contribution in [0.2, 0.25) is 0 Å². The molecule has 1 atom stereocenters. The first-order valence-electron chi connectivity index (χ1n) is 6.60. The van der Waals surface area contributed by atoms with Gasteiger partial charge >= 0.3 is 0 Å². The summed E-state index contributed by atoms with van der Waals surface area (Å²) in [5, 5.41) is 4.94. The predicted molar refractivity (Wildman–Crippen MR) is 74.5 cm³/mol. The van der Waals surface area contributed by atoms with Crippen molar-refractivity contribution in [3.8, 4) is 5.75 Å². The molecule has 3 nitrogen and oxygen atoms in total. The molecule has 1 aromatic carbocycles. The van der Waals surface area contributed by atoms with Gasteiger partial charge in [0.1, 0.15) is 5.75 Å². The van der Waals surface area contributed by atoms with Gasteiger partial charge in [-0.25, -0.2) is 0 Å². The lowest BCUT2D eigenvalue weighted by molar-refractivity contribution is 0.406. The summed E-state index contributed by atoms with van der Waals surface area (Å²) in [6.07, 6.45) is 4.24. The molecule has 0 bridgehead atoms. The molecule has 3 rings (SSSR count). The predicted octanol–water partition coefficient (Wildman–Crippen LogP) is 2.56. The first-order valence-corrected chi connectivity index (χ1v) is 6.60. The van der Waals surface area contributed by atoms with E-state index in [4.69, 9.17) is 4.74 Å². The molecule has 1 aliphatic heterocycles. The molecular formula is C15H20N2O. The Balaban J connectivity index is 2.32. The van der Waals surface area contributed by atoms with Gasteiger partial charge in [0.05, 0.1) is 7.11 Å². The SMILES string of the molecule is COc1cc(C)c2[nH]cc3c2c1CC(C)NCC3. The minimum atomic E-state index is 0.493. The van der Waals surface area contributed by atoms with Gasteiger partial charge in [0.25, 0.3) is 0 Å². The number of hydrogen-bond donors (Lipinski definition) is 2. The molecule has 0 saturated heterocycles. The summed E-state index contributed by atoms with van der Waals surface area (Å²) in [5.74, 6) is 1.02. The van der Waals surface area contributed by atoms with Gasteiger partial charge in [-0.1, -0.05) is 0 Å². The lowest BCUT2D eigenvalue weighted by atomic mass is 9.94. The summed E-state index contributed by atoms with van der Waals surface area (Å²) in [4.78, 5) is 3.43. The Labute approximate surface area is 108 Å². The summed E-state index contributed by atoms with van der Waals surface area (Å²) in [6.45, 7) is 5.43. The van der Waals surface area contributed by atoms with Crippen molar-refractivity contribution in [2.45, 2.75) is 32.7 Å². The van der Waals surface area contributed by atoms with E-state index in [1.54, 1.807) is 7.11 Å². The van der Waals surface area contributed by atoms with Crippen molar-refractivity contribution in [1.29, 1.82) is 0 Å². The van der Waals surface area contributed by atoms with Crippen LogP contribution in [-0.4, -0.2) is 24.7 Å². The molecule has 2 N–H and O–H groups in total. The largest absolute Gasteiger partial charge is 0.496 e. The topological polar surface area (TPSA) is 37.0 Å². The number of nitrogens with one attached hydrogen (secondary N) is 2. The van der Waals surface area contributed by atoms with Crippen LogP contribution in [0, 0.1) is 6.92 Å². The summed E-state index contributed by atoms with van der Waals surface area (Å²) >= 11 is 0. The van der Waals surface area contributed by atoms with Crippen molar-refractivity contribution in [2.24, 2.45) is 0 Å².